The molecule has 82 valence electrons. The molecule has 0 aliphatic rings. The van der Waals surface area contributed by atoms with Gasteiger partial charge in [0.2, 0.25) is 0 Å². The molecule has 1 unspecified atom stereocenters. The summed E-state index contributed by atoms with van der Waals surface area (Å²) in [4.78, 5) is 0. The molecule has 0 aliphatic heterocycles. The Bertz CT molecular complexity index is 354. The first-order valence-corrected chi connectivity index (χ1v) is 5.44. The number of phenols is 1. The summed E-state index contributed by atoms with van der Waals surface area (Å²) >= 11 is 0. The van der Waals surface area contributed by atoms with Crippen LogP contribution in [-0.2, 0) is 5.41 Å². The SMILES string of the molecule is C=CCC(C)(CC)c1cc(C)ccc1O. The van der Waals surface area contributed by atoms with Crippen molar-refractivity contribution in [3.05, 3.63) is 42.0 Å². The zero-order valence-corrected chi connectivity index (χ0v) is 9.88. The Labute approximate surface area is 92.5 Å². The Hall–Kier alpha value is -1.24. The second-order valence-electron chi connectivity index (χ2n) is 4.43. The van der Waals surface area contributed by atoms with Crippen molar-refractivity contribution in [1.29, 1.82) is 0 Å². The molecule has 0 aromatic heterocycles. The van der Waals surface area contributed by atoms with Gasteiger partial charge >= 0.3 is 0 Å². The molecular weight excluding hydrogens is 184 g/mol. The van der Waals surface area contributed by atoms with Gasteiger partial charge < -0.3 is 5.11 Å². The van der Waals surface area contributed by atoms with Crippen LogP contribution in [0.15, 0.2) is 30.9 Å². The molecule has 0 amide bonds. The van der Waals surface area contributed by atoms with Gasteiger partial charge in [-0.15, -0.1) is 6.58 Å². The molecule has 0 radical (unpaired) electrons. The average Bonchev–Trinajstić information content (AvgIpc) is 2.22. The standard InChI is InChI=1S/C14H20O/c1-5-9-14(4,6-2)12-10-11(3)7-8-13(12)15/h5,7-8,10,15H,1,6,9H2,2-4H3. The van der Waals surface area contributed by atoms with Crippen LogP contribution in [0.1, 0.15) is 37.8 Å². The Kier molecular flexibility index (Phi) is 3.57. The summed E-state index contributed by atoms with van der Waals surface area (Å²) in [6.45, 7) is 10.2. The van der Waals surface area contributed by atoms with Crippen molar-refractivity contribution < 1.29 is 5.11 Å². The van der Waals surface area contributed by atoms with Crippen molar-refractivity contribution in [1.82, 2.24) is 0 Å². The van der Waals surface area contributed by atoms with E-state index in [0.29, 0.717) is 5.75 Å². The van der Waals surface area contributed by atoms with Gasteiger partial charge in [-0.05, 0) is 31.2 Å². The fourth-order valence-corrected chi connectivity index (χ4v) is 1.90. The largest absolute Gasteiger partial charge is 0.508 e. The molecule has 0 saturated carbocycles. The Morgan fingerprint density at radius 3 is 2.67 bits per heavy atom. The summed E-state index contributed by atoms with van der Waals surface area (Å²) in [7, 11) is 0. The molecule has 1 N–H and O–H groups in total. The van der Waals surface area contributed by atoms with Crippen molar-refractivity contribution >= 4 is 0 Å². The number of allylic oxidation sites excluding steroid dienone is 1. The lowest BCUT2D eigenvalue weighted by Crippen LogP contribution is -2.20. The Morgan fingerprint density at radius 1 is 1.47 bits per heavy atom. The highest BCUT2D eigenvalue weighted by Crippen LogP contribution is 2.37. The van der Waals surface area contributed by atoms with Gasteiger partial charge in [-0.2, -0.15) is 0 Å². The van der Waals surface area contributed by atoms with E-state index in [1.54, 1.807) is 6.07 Å². The van der Waals surface area contributed by atoms with Crippen molar-refractivity contribution in [2.24, 2.45) is 0 Å². The summed E-state index contributed by atoms with van der Waals surface area (Å²) < 4.78 is 0. The molecule has 1 aromatic rings. The maximum atomic E-state index is 9.89. The van der Waals surface area contributed by atoms with Crippen LogP contribution in [0.5, 0.6) is 5.75 Å². The number of phenolic OH excluding ortho intramolecular Hbond substituents is 1. The smallest absolute Gasteiger partial charge is 0.119 e. The van der Waals surface area contributed by atoms with E-state index < -0.39 is 0 Å². The van der Waals surface area contributed by atoms with Gasteiger partial charge in [-0.25, -0.2) is 0 Å². The third-order valence-electron chi connectivity index (χ3n) is 3.18. The first-order chi connectivity index (χ1) is 7.03. The van der Waals surface area contributed by atoms with Gasteiger partial charge in [0.1, 0.15) is 5.75 Å². The topological polar surface area (TPSA) is 20.2 Å². The summed E-state index contributed by atoms with van der Waals surface area (Å²) in [6.07, 6.45) is 3.81. The molecule has 0 fully saturated rings. The third-order valence-corrected chi connectivity index (χ3v) is 3.18. The lowest BCUT2D eigenvalue weighted by molar-refractivity contribution is 0.409. The predicted molar refractivity (Wildman–Crippen MR) is 65.3 cm³/mol. The highest BCUT2D eigenvalue weighted by molar-refractivity contribution is 5.41. The predicted octanol–water partition coefficient (Wildman–Crippen LogP) is 3.94. The molecule has 0 aliphatic carbocycles. The van der Waals surface area contributed by atoms with E-state index in [4.69, 9.17) is 0 Å². The van der Waals surface area contributed by atoms with Crippen molar-refractivity contribution in [2.75, 3.05) is 0 Å². The van der Waals surface area contributed by atoms with Crippen LogP contribution in [0, 0.1) is 6.92 Å². The van der Waals surface area contributed by atoms with Crippen LogP contribution in [-0.4, -0.2) is 5.11 Å². The number of rotatable bonds is 4. The van der Waals surface area contributed by atoms with Gasteiger partial charge in [-0.3, -0.25) is 0 Å². The monoisotopic (exact) mass is 204 g/mol. The molecule has 1 rings (SSSR count). The fourth-order valence-electron chi connectivity index (χ4n) is 1.90. The van der Waals surface area contributed by atoms with E-state index in [9.17, 15) is 5.11 Å². The Balaban J connectivity index is 3.21. The van der Waals surface area contributed by atoms with Crippen LogP contribution < -0.4 is 0 Å². The van der Waals surface area contributed by atoms with E-state index in [1.165, 1.54) is 5.56 Å². The Morgan fingerprint density at radius 2 is 2.13 bits per heavy atom. The minimum absolute atomic E-state index is 0.00213. The minimum atomic E-state index is -0.00213. The van der Waals surface area contributed by atoms with Gasteiger partial charge in [0.25, 0.3) is 0 Å². The molecule has 0 saturated heterocycles. The molecule has 0 spiro atoms. The van der Waals surface area contributed by atoms with Crippen molar-refractivity contribution in [3.8, 4) is 5.75 Å². The highest BCUT2D eigenvalue weighted by atomic mass is 16.3. The average molecular weight is 204 g/mol. The van der Waals surface area contributed by atoms with Crippen LogP contribution in [0.4, 0.5) is 0 Å². The maximum absolute atomic E-state index is 9.89. The molecular formula is C14H20O. The zero-order chi connectivity index (χ0) is 11.5. The molecule has 1 aromatic carbocycles. The van der Waals surface area contributed by atoms with E-state index in [-0.39, 0.29) is 5.41 Å². The van der Waals surface area contributed by atoms with E-state index in [2.05, 4.69) is 26.5 Å². The first kappa shape index (κ1) is 11.8. The van der Waals surface area contributed by atoms with Gasteiger partial charge in [0.15, 0.2) is 0 Å². The number of hydrogen-bond acceptors (Lipinski definition) is 1. The van der Waals surface area contributed by atoms with Crippen molar-refractivity contribution in [2.45, 2.75) is 39.0 Å². The molecule has 1 heteroatoms. The molecule has 1 atom stereocenters. The summed E-state index contributed by atoms with van der Waals surface area (Å²) in [5, 5.41) is 9.89. The van der Waals surface area contributed by atoms with E-state index in [1.807, 2.05) is 19.1 Å². The van der Waals surface area contributed by atoms with Gasteiger partial charge in [0.05, 0.1) is 0 Å². The summed E-state index contributed by atoms with van der Waals surface area (Å²) in [5.74, 6) is 0.395. The first-order valence-electron chi connectivity index (χ1n) is 5.44. The number of benzene rings is 1. The second kappa shape index (κ2) is 4.52. The summed E-state index contributed by atoms with van der Waals surface area (Å²) in [6, 6.07) is 5.78. The van der Waals surface area contributed by atoms with Crippen LogP contribution in [0.3, 0.4) is 0 Å². The fraction of sp³-hybridized carbons (Fsp3) is 0.429. The van der Waals surface area contributed by atoms with Crippen LogP contribution in [0.2, 0.25) is 0 Å². The number of aryl methyl sites for hydroxylation is 1. The van der Waals surface area contributed by atoms with E-state index >= 15 is 0 Å². The number of hydrogen-bond donors (Lipinski definition) is 1. The normalized spacial score (nSPS) is 14.6. The summed E-state index contributed by atoms with van der Waals surface area (Å²) in [5.41, 5.74) is 2.22. The highest BCUT2D eigenvalue weighted by Gasteiger charge is 2.25. The van der Waals surface area contributed by atoms with E-state index in [0.717, 1.165) is 18.4 Å². The van der Waals surface area contributed by atoms with Gasteiger partial charge in [-0.1, -0.05) is 37.6 Å². The van der Waals surface area contributed by atoms with Crippen LogP contribution in [0.25, 0.3) is 0 Å². The molecule has 0 heterocycles. The molecule has 0 bridgehead atoms. The number of aromatic hydroxyl groups is 1. The molecule has 1 nitrogen and oxygen atoms in total. The van der Waals surface area contributed by atoms with Crippen molar-refractivity contribution in [3.63, 3.8) is 0 Å². The second-order valence-corrected chi connectivity index (χ2v) is 4.43. The molecule has 15 heavy (non-hydrogen) atoms. The lowest BCUT2D eigenvalue weighted by Gasteiger charge is -2.28. The maximum Gasteiger partial charge on any atom is 0.119 e. The quantitative estimate of drug-likeness (QED) is 0.736. The zero-order valence-electron chi connectivity index (χ0n) is 9.88. The van der Waals surface area contributed by atoms with Crippen LogP contribution >= 0.6 is 0 Å². The lowest BCUT2D eigenvalue weighted by atomic mass is 9.76. The van der Waals surface area contributed by atoms with Gasteiger partial charge in [0, 0.05) is 5.56 Å². The minimum Gasteiger partial charge on any atom is -0.508 e. The third kappa shape index (κ3) is 2.41.